The number of hydrogen-bond acceptors (Lipinski definition) is 3. The molecule has 0 amide bonds. The second-order valence-electron chi connectivity index (χ2n) is 4.36. The number of benzene rings is 1. The van der Waals surface area contributed by atoms with Crippen molar-refractivity contribution in [3.8, 4) is 5.75 Å². The third-order valence-electron chi connectivity index (χ3n) is 3.00. The van der Waals surface area contributed by atoms with E-state index in [2.05, 4.69) is 34.0 Å². The number of aryl methyl sites for hydroxylation is 2. The van der Waals surface area contributed by atoms with E-state index in [0.717, 1.165) is 33.6 Å². The van der Waals surface area contributed by atoms with Gasteiger partial charge in [-0.05, 0) is 46.1 Å². The molecule has 1 aromatic carbocycles. The Morgan fingerprint density at radius 1 is 1.37 bits per heavy atom. The third-order valence-corrected chi connectivity index (χ3v) is 3.62. The van der Waals surface area contributed by atoms with Crippen LogP contribution in [0.15, 0.2) is 28.7 Å². The van der Waals surface area contributed by atoms with Crippen molar-refractivity contribution in [3.05, 3.63) is 45.7 Å². The highest BCUT2D eigenvalue weighted by Crippen LogP contribution is 2.26. The highest BCUT2D eigenvalue weighted by atomic mass is 79.9. The summed E-state index contributed by atoms with van der Waals surface area (Å²) in [5, 5.41) is 4.40. The summed E-state index contributed by atoms with van der Waals surface area (Å²) in [7, 11) is 1.93. The molecule has 0 aliphatic heterocycles. The van der Waals surface area contributed by atoms with Crippen molar-refractivity contribution in [2.24, 2.45) is 12.8 Å². The first-order valence-electron chi connectivity index (χ1n) is 6.27. The maximum Gasteiger partial charge on any atom is 0.134 e. The maximum atomic E-state index is 5.81. The van der Waals surface area contributed by atoms with Crippen LogP contribution in [0.3, 0.4) is 0 Å². The van der Waals surface area contributed by atoms with Crippen LogP contribution in [0.5, 0.6) is 5.75 Å². The zero-order valence-corrected chi connectivity index (χ0v) is 12.8. The molecule has 5 heteroatoms. The standard InChI is InChI=1S/C14H18BrN3O/c1-3-11-7-12(18(2)17-11)9-19-14-5-4-10(8-16)6-13(14)15/h4-7H,3,8-9,16H2,1-2H3. The molecule has 4 nitrogen and oxygen atoms in total. The van der Waals surface area contributed by atoms with Crippen LogP contribution in [-0.4, -0.2) is 9.78 Å². The van der Waals surface area contributed by atoms with E-state index in [1.165, 1.54) is 0 Å². The molecule has 0 saturated heterocycles. The molecule has 0 spiro atoms. The van der Waals surface area contributed by atoms with Crippen LogP contribution < -0.4 is 10.5 Å². The normalized spacial score (nSPS) is 10.7. The Labute approximate surface area is 121 Å². The van der Waals surface area contributed by atoms with Crippen molar-refractivity contribution in [2.45, 2.75) is 26.5 Å². The SMILES string of the molecule is CCc1cc(COc2ccc(CN)cc2Br)n(C)n1. The number of ether oxygens (including phenoxy) is 1. The van der Waals surface area contributed by atoms with E-state index < -0.39 is 0 Å². The molecule has 19 heavy (non-hydrogen) atoms. The van der Waals surface area contributed by atoms with Gasteiger partial charge in [-0.2, -0.15) is 5.10 Å². The van der Waals surface area contributed by atoms with Gasteiger partial charge in [-0.1, -0.05) is 13.0 Å². The second kappa shape index (κ2) is 6.21. The van der Waals surface area contributed by atoms with Crippen molar-refractivity contribution in [3.63, 3.8) is 0 Å². The molecule has 0 saturated carbocycles. The number of halogens is 1. The fraction of sp³-hybridized carbons (Fsp3) is 0.357. The van der Waals surface area contributed by atoms with E-state index in [1.54, 1.807) is 0 Å². The van der Waals surface area contributed by atoms with Crippen LogP contribution in [0.25, 0.3) is 0 Å². The van der Waals surface area contributed by atoms with Crippen LogP contribution in [0.2, 0.25) is 0 Å². The Morgan fingerprint density at radius 3 is 2.74 bits per heavy atom. The average molecular weight is 324 g/mol. The lowest BCUT2D eigenvalue weighted by molar-refractivity contribution is 0.293. The third kappa shape index (κ3) is 3.36. The summed E-state index contributed by atoms with van der Waals surface area (Å²) in [6.07, 6.45) is 0.933. The molecule has 2 aromatic rings. The largest absolute Gasteiger partial charge is 0.486 e. The molecule has 0 aliphatic carbocycles. The lowest BCUT2D eigenvalue weighted by Crippen LogP contribution is -2.04. The first-order chi connectivity index (χ1) is 9.13. The zero-order valence-electron chi connectivity index (χ0n) is 11.2. The van der Waals surface area contributed by atoms with Gasteiger partial charge in [0, 0.05) is 13.6 Å². The van der Waals surface area contributed by atoms with Gasteiger partial charge in [0.2, 0.25) is 0 Å². The Balaban J connectivity index is 2.07. The molecule has 0 unspecified atom stereocenters. The van der Waals surface area contributed by atoms with Crippen molar-refractivity contribution in [1.82, 2.24) is 9.78 Å². The molecule has 102 valence electrons. The molecule has 0 fully saturated rings. The molecular weight excluding hydrogens is 306 g/mol. The zero-order chi connectivity index (χ0) is 13.8. The van der Waals surface area contributed by atoms with Gasteiger partial charge in [-0.25, -0.2) is 0 Å². The minimum absolute atomic E-state index is 0.504. The van der Waals surface area contributed by atoms with E-state index in [4.69, 9.17) is 10.5 Å². The topological polar surface area (TPSA) is 53.1 Å². The monoisotopic (exact) mass is 323 g/mol. The van der Waals surface area contributed by atoms with Gasteiger partial charge in [-0.15, -0.1) is 0 Å². The molecule has 1 heterocycles. The highest BCUT2D eigenvalue weighted by Gasteiger charge is 2.07. The van der Waals surface area contributed by atoms with Crippen LogP contribution in [0.4, 0.5) is 0 Å². The summed E-state index contributed by atoms with van der Waals surface area (Å²) >= 11 is 3.50. The average Bonchev–Trinajstić information content (AvgIpc) is 2.78. The highest BCUT2D eigenvalue weighted by molar-refractivity contribution is 9.10. The molecule has 0 atom stereocenters. The fourth-order valence-electron chi connectivity index (χ4n) is 1.82. The van der Waals surface area contributed by atoms with Gasteiger partial charge in [-0.3, -0.25) is 4.68 Å². The van der Waals surface area contributed by atoms with Gasteiger partial charge in [0.05, 0.1) is 15.9 Å². The van der Waals surface area contributed by atoms with Gasteiger partial charge in [0.1, 0.15) is 12.4 Å². The summed E-state index contributed by atoms with van der Waals surface area (Å²) in [5.74, 6) is 0.816. The Kier molecular flexibility index (Phi) is 4.61. The van der Waals surface area contributed by atoms with Crippen molar-refractivity contribution < 1.29 is 4.74 Å². The lowest BCUT2D eigenvalue weighted by atomic mass is 10.2. The first kappa shape index (κ1) is 14.1. The molecule has 2 rings (SSSR count). The number of hydrogen-bond donors (Lipinski definition) is 1. The Bertz CT molecular complexity index is 566. The predicted octanol–water partition coefficient (Wildman–Crippen LogP) is 2.78. The summed E-state index contributed by atoms with van der Waals surface area (Å²) in [5.41, 5.74) is 8.82. The van der Waals surface area contributed by atoms with E-state index >= 15 is 0 Å². The smallest absolute Gasteiger partial charge is 0.134 e. The van der Waals surface area contributed by atoms with Crippen LogP contribution in [0, 0.1) is 0 Å². The van der Waals surface area contributed by atoms with Gasteiger partial charge < -0.3 is 10.5 Å². The molecular formula is C14H18BrN3O. The summed E-state index contributed by atoms with van der Waals surface area (Å²) < 4.78 is 8.60. The van der Waals surface area contributed by atoms with Gasteiger partial charge in [0.15, 0.2) is 0 Å². The summed E-state index contributed by atoms with van der Waals surface area (Å²) in [6, 6.07) is 7.96. The number of nitrogens with two attached hydrogens (primary N) is 1. The minimum atomic E-state index is 0.504. The Morgan fingerprint density at radius 2 is 2.16 bits per heavy atom. The molecule has 0 bridgehead atoms. The van der Waals surface area contributed by atoms with Crippen molar-refractivity contribution >= 4 is 15.9 Å². The number of aromatic nitrogens is 2. The van der Waals surface area contributed by atoms with E-state index in [1.807, 2.05) is 29.9 Å². The summed E-state index contributed by atoms with van der Waals surface area (Å²) in [4.78, 5) is 0. The van der Waals surface area contributed by atoms with Crippen molar-refractivity contribution in [1.29, 1.82) is 0 Å². The fourth-order valence-corrected chi connectivity index (χ4v) is 2.36. The molecule has 0 radical (unpaired) electrons. The van der Waals surface area contributed by atoms with Gasteiger partial charge >= 0.3 is 0 Å². The molecule has 0 aliphatic rings. The van der Waals surface area contributed by atoms with Crippen LogP contribution in [-0.2, 0) is 26.6 Å². The number of nitrogens with zero attached hydrogens (tertiary/aromatic N) is 2. The van der Waals surface area contributed by atoms with E-state index in [-0.39, 0.29) is 0 Å². The Hall–Kier alpha value is -1.33. The van der Waals surface area contributed by atoms with Crippen molar-refractivity contribution in [2.75, 3.05) is 0 Å². The van der Waals surface area contributed by atoms with Crippen LogP contribution >= 0.6 is 15.9 Å². The quantitative estimate of drug-likeness (QED) is 0.920. The lowest BCUT2D eigenvalue weighted by Gasteiger charge is -2.09. The van der Waals surface area contributed by atoms with Gasteiger partial charge in [0.25, 0.3) is 0 Å². The minimum Gasteiger partial charge on any atom is -0.486 e. The van der Waals surface area contributed by atoms with E-state index in [0.29, 0.717) is 13.2 Å². The maximum absolute atomic E-state index is 5.81. The van der Waals surface area contributed by atoms with E-state index in [9.17, 15) is 0 Å². The molecule has 2 N–H and O–H groups in total. The second-order valence-corrected chi connectivity index (χ2v) is 5.22. The summed E-state index contributed by atoms with van der Waals surface area (Å²) in [6.45, 7) is 3.12. The number of rotatable bonds is 5. The molecule has 1 aromatic heterocycles. The first-order valence-corrected chi connectivity index (χ1v) is 7.06. The van der Waals surface area contributed by atoms with Crippen LogP contribution in [0.1, 0.15) is 23.9 Å². The predicted molar refractivity (Wildman–Crippen MR) is 79.0 cm³/mol.